The van der Waals surface area contributed by atoms with Crippen LogP contribution in [0.5, 0.6) is 0 Å². The molecular weight excluding hydrogens is 236 g/mol. The van der Waals surface area contributed by atoms with Crippen LogP contribution in [0.1, 0.15) is 45.2 Å². The average Bonchev–Trinajstić information content (AvgIpc) is 2.66. The van der Waals surface area contributed by atoms with Gasteiger partial charge in [-0.15, -0.1) is 0 Å². The first-order valence-electron chi connectivity index (χ1n) is 5.90. The van der Waals surface area contributed by atoms with E-state index in [1.807, 2.05) is 18.2 Å². The van der Waals surface area contributed by atoms with Gasteiger partial charge in [-0.1, -0.05) is 18.5 Å². The van der Waals surface area contributed by atoms with E-state index in [4.69, 9.17) is 11.6 Å². The van der Waals surface area contributed by atoms with Crippen molar-refractivity contribution in [3.05, 3.63) is 29.0 Å². The summed E-state index contributed by atoms with van der Waals surface area (Å²) in [5.74, 6) is 0.705. The minimum Gasteiger partial charge on any atom is -0.385 e. The van der Waals surface area contributed by atoms with Crippen molar-refractivity contribution in [2.75, 3.05) is 0 Å². The number of rotatable bonds is 3. The van der Waals surface area contributed by atoms with Crippen molar-refractivity contribution in [1.29, 1.82) is 0 Å². The third kappa shape index (κ3) is 2.17. The van der Waals surface area contributed by atoms with Crippen LogP contribution in [-0.4, -0.2) is 14.7 Å². The van der Waals surface area contributed by atoms with Gasteiger partial charge in [-0.25, -0.2) is 4.98 Å². The molecule has 0 aliphatic rings. The van der Waals surface area contributed by atoms with Crippen molar-refractivity contribution >= 4 is 22.6 Å². The molecule has 2 rings (SSSR count). The third-order valence-corrected chi connectivity index (χ3v) is 3.32. The van der Waals surface area contributed by atoms with Crippen molar-refractivity contribution in [1.82, 2.24) is 9.55 Å². The standard InChI is InChI=1S/C13H17ClN2O/c1-4-8(2)16-12-7-10(14)5-6-11(12)15-13(16)9(3)17/h5-9,17H,4H2,1-3H3. The fraction of sp³-hybridized carbons (Fsp3) is 0.462. The van der Waals surface area contributed by atoms with E-state index in [1.165, 1.54) is 0 Å². The Hall–Kier alpha value is -1.06. The lowest BCUT2D eigenvalue weighted by atomic mass is 10.2. The van der Waals surface area contributed by atoms with Crippen LogP contribution in [0.15, 0.2) is 18.2 Å². The van der Waals surface area contributed by atoms with Crippen LogP contribution < -0.4 is 0 Å². The predicted octanol–water partition coefficient (Wildman–Crippen LogP) is 3.71. The summed E-state index contributed by atoms with van der Waals surface area (Å²) < 4.78 is 2.08. The normalized spacial score (nSPS) is 15.1. The number of hydrogen-bond acceptors (Lipinski definition) is 2. The molecule has 2 atom stereocenters. The summed E-state index contributed by atoms with van der Waals surface area (Å²) in [4.78, 5) is 4.48. The Morgan fingerprint density at radius 3 is 2.71 bits per heavy atom. The Bertz CT molecular complexity index is 533. The average molecular weight is 253 g/mol. The Labute approximate surface area is 106 Å². The van der Waals surface area contributed by atoms with E-state index in [-0.39, 0.29) is 0 Å². The van der Waals surface area contributed by atoms with E-state index in [0.29, 0.717) is 16.9 Å². The number of aromatic nitrogens is 2. The van der Waals surface area contributed by atoms with E-state index in [0.717, 1.165) is 17.5 Å². The van der Waals surface area contributed by atoms with Crippen LogP contribution >= 0.6 is 11.6 Å². The highest BCUT2D eigenvalue weighted by molar-refractivity contribution is 6.31. The highest BCUT2D eigenvalue weighted by atomic mass is 35.5. The SMILES string of the molecule is CCC(C)n1c(C(C)O)nc2ccc(Cl)cc21. The van der Waals surface area contributed by atoms with Gasteiger partial charge in [0.25, 0.3) is 0 Å². The molecule has 2 unspecified atom stereocenters. The molecule has 0 radical (unpaired) electrons. The van der Waals surface area contributed by atoms with Crippen molar-refractivity contribution in [2.45, 2.75) is 39.3 Å². The van der Waals surface area contributed by atoms with Gasteiger partial charge >= 0.3 is 0 Å². The largest absolute Gasteiger partial charge is 0.385 e. The summed E-state index contributed by atoms with van der Waals surface area (Å²) >= 11 is 6.02. The lowest BCUT2D eigenvalue weighted by molar-refractivity contribution is 0.182. The second kappa shape index (κ2) is 4.67. The highest BCUT2D eigenvalue weighted by Gasteiger charge is 2.18. The van der Waals surface area contributed by atoms with Gasteiger partial charge in [-0.3, -0.25) is 0 Å². The van der Waals surface area contributed by atoms with Crippen molar-refractivity contribution in [2.24, 2.45) is 0 Å². The number of aliphatic hydroxyl groups excluding tert-OH is 1. The van der Waals surface area contributed by atoms with E-state index in [1.54, 1.807) is 6.92 Å². The minimum atomic E-state index is -0.574. The molecule has 17 heavy (non-hydrogen) atoms. The number of nitrogens with zero attached hydrogens (tertiary/aromatic N) is 2. The summed E-state index contributed by atoms with van der Waals surface area (Å²) in [6, 6.07) is 5.91. The predicted molar refractivity (Wildman–Crippen MR) is 70.4 cm³/mol. The third-order valence-electron chi connectivity index (χ3n) is 3.08. The second-order valence-electron chi connectivity index (χ2n) is 4.41. The molecule has 0 saturated carbocycles. The van der Waals surface area contributed by atoms with Crippen LogP contribution in [-0.2, 0) is 0 Å². The first-order chi connectivity index (χ1) is 8.04. The smallest absolute Gasteiger partial charge is 0.138 e. The molecule has 0 spiro atoms. The molecule has 0 saturated heterocycles. The number of imidazole rings is 1. The zero-order chi connectivity index (χ0) is 12.6. The number of benzene rings is 1. The molecular formula is C13H17ClN2O. The van der Waals surface area contributed by atoms with Gasteiger partial charge in [0.15, 0.2) is 0 Å². The van der Waals surface area contributed by atoms with Gasteiger partial charge in [0.05, 0.1) is 11.0 Å². The topological polar surface area (TPSA) is 38.0 Å². The fourth-order valence-corrected chi connectivity index (χ4v) is 2.19. The number of aliphatic hydroxyl groups is 1. The number of hydrogen-bond donors (Lipinski definition) is 1. The van der Waals surface area contributed by atoms with Gasteiger partial charge in [0.2, 0.25) is 0 Å². The summed E-state index contributed by atoms with van der Waals surface area (Å²) in [5, 5.41) is 10.5. The van der Waals surface area contributed by atoms with Crippen LogP contribution in [0.4, 0.5) is 0 Å². The molecule has 1 aromatic carbocycles. The molecule has 0 fully saturated rings. The minimum absolute atomic E-state index is 0.295. The van der Waals surface area contributed by atoms with Crippen molar-refractivity contribution in [3.63, 3.8) is 0 Å². The van der Waals surface area contributed by atoms with E-state index >= 15 is 0 Å². The van der Waals surface area contributed by atoms with Crippen molar-refractivity contribution in [3.8, 4) is 0 Å². The Morgan fingerprint density at radius 1 is 1.41 bits per heavy atom. The van der Waals surface area contributed by atoms with Gasteiger partial charge < -0.3 is 9.67 Å². The number of halogens is 1. The molecule has 0 aliphatic heterocycles. The van der Waals surface area contributed by atoms with Gasteiger partial charge in [0, 0.05) is 11.1 Å². The van der Waals surface area contributed by atoms with E-state index in [2.05, 4.69) is 23.4 Å². The Balaban J connectivity index is 2.73. The van der Waals surface area contributed by atoms with Crippen molar-refractivity contribution < 1.29 is 5.11 Å². The summed E-state index contributed by atoms with van der Waals surface area (Å²) in [6.07, 6.45) is 0.410. The van der Waals surface area contributed by atoms with Crippen LogP contribution in [0.3, 0.4) is 0 Å². The molecule has 4 heteroatoms. The summed E-state index contributed by atoms with van der Waals surface area (Å²) in [7, 11) is 0. The molecule has 1 aromatic heterocycles. The number of fused-ring (bicyclic) bond motifs is 1. The summed E-state index contributed by atoms with van der Waals surface area (Å²) in [5.41, 5.74) is 1.87. The maximum absolute atomic E-state index is 9.80. The molecule has 0 amide bonds. The van der Waals surface area contributed by atoms with E-state index < -0.39 is 6.10 Å². The van der Waals surface area contributed by atoms with Gasteiger partial charge in [-0.2, -0.15) is 0 Å². The van der Waals surface area contributed by atoms with Crippen LogP contribution in [0.2, 0.25) is 5.02 Å². The maximum atomic E-state index is 9.80. The first kappa shape index (κ1) is 12.4. The monoisotopic (exact) mass is 252 g/mol. The molecule has 3 nitrogen and oxygen atoms in total. The zero-order valence-corrected chi connectivity index (χ0v) is 11.1. The first-order valence-corrected chi connectivity index (χ1v) is 6.27. The Kier molecular flexibility index (Phi) is 3.40. The van der Waals surface area contributed by atoms with Gasteiger partial charge in [-0.05, 0) is 38.5 Å². The lowest BCUT2D eigenvalue weighted by Gasteiger charge is -2.17. The van der Waals surface area contributed by atoms with Crippen LogP contribution in [0, 0.1) is 0 Å². The Morgan fingerprint density at radius 2 is 2.12 bits per heavy atom. The molecule has 0 bridgehead atoms. The highest BCUT2D eigenvalue weighted by Crippen LogP contribution is 2.28. The zero-order valence-electron chi connectivity index (χ0n) is 10.3. The lowest BCUT2D eigenvalue weighted by Crippen LogP contribution is -2.10. The fourth-order valence-electron chi connectivity index (χ4n) is 2.03. The molecule has 0 aliphatic carbocycles. The maximum Gasteiger partial charge on any atom is 0.138 e. The molecule has 1 N–H and O–H groups in total. The molecule has 1 heterocycles. The molecule has 2 aromatic rings. The quantitative estimate of drug-likeness (QED) is 0.904. The summed E-state index contributed by atoms with van der Waals surface area (Å²) in [6.45, 7) is 5.97. The van der Waals surface area contributed by atoms with Gasteiger partial charge in [0.1, 0.15) is 11.9 Å². The van der Waals surface area contributed by atoms with E-state index in [9.17, 15) is 5.11 Å². The molecule has 92 valence electrons. The van der Waals surface area contributed by atoms with Crippen LogP contribution in [0.25, 0.3) is 11.0 Å². The second-order valence-corrected chi connectivity index (χ2v) is 4.84.